The summed E-state index contributed by atoms with van der Waals surface area (Å²) in [6.45, 7) is 0. The maximum atomic E-state index is 12.5. The third-order valence-corrected chi connectivity index (χ3v) is 4.80. The molecule has 0 spiro atoms. The highest BCUT2D eigenvalue weighted by Gasteiger charge is 2.31. The van der Waals surface area contributed by atoms with E-state index < -0.39 is 9.84 Å². The van der Waals surface area contributed by atoms with Gasteiger partial charge in [0.25, 0.3) is 0 Å². The molecule has 1 aliphatic heterocycles. The van der Waals surface area contributed by atoms with Crippen LogP contribution in [-0.2, 0) is 9.84 Å². The number of hydrogen-bond acceptors (Lipinski definition) is 5. The summed E-state index contributed by atoms with van der Waals surface area (Å²) in [6, 6.07) is 8.35. The number of rotatable bonds is 2. The average molecular weight is 288 g/mol. The summed E-state index contributed by atoms with van der Waals surface area (Å²) in [4.78, 5) is 21.4. The van der Waals surface area contributed by atoms with Crippen molar-refractivity contribution in [2.75, 3.05) is 0 Å². The molecule has 20 heavy (non-hydrogen) atoms. The van der Waals surface area contributed by atoms with Gasteiger partial charge in [0.1, 0.15) is 33.9 Å². The van der Waals surface area contributed by atoms with Gasteiger partial charge < -0.3 is 4.74 Å². The summed E-state index contributed by atoms with van der Waals surface area (Å²) in [6.07, 6.45) is 1.13. The van der Waals surface area contributed by atoms with E-state index in [9.17, 15) is 18.0 Å². The van der Waals surface area contributed by atoms with E-state index in [2.05, 4.69) is 0 Å². The Hall–Kier alpha value is -2.47. The van der Waals surface area contributed by atoms with Gasteiger partial charge in [-0.3, -0.25) is 9.59 Å². The van der Waals surface area contributed by atoms with Crippen molar-refractivity contribution in [3.05, 3.63) is 47.5 Å². The summed E-state index contributed by atoms with van der Waals surface area (Å²) in [5, 5.41) is 0. The molecule has 6 heteroatoms. The van der Waals surface area contributed by atoms with E-state index in [1.54, 1.807) is 0 Å². The topological polar surface area (TPSA) is 77.5 Å². The fraction of sp³-hybridized carbons (Fsp3) is 0. The fourth-order valence-corrected chi connectivity index (χ4v) is 3.59. The Labute approximate surface area is 114 Å². The first kappa shape index (κ1) is 12.6. The number of benzene rings is 2. The van der Waals surface area contributed by atoms with Gasteiger partial charge in [0.15, 0.2) is 0 Å². The Morgan fingerprint density at radius 2 is 1.25 bits per heavy atom. The molecule has 0 amide bonds. The lowest BCUT2D eigenvalue weighted by molar-refractivity contribution is 0.111. The van der Waals surface area contributed by atoms with Gasteiger partial charge in [-0.15, -0.1) is 0 Å². The molecule has 0 fully saturated rings. The monoisotopic (exact) mass is 288 g/mol. The van der Waals surface area contributed by atoms with E-state index in [1.807, 2.05) is 0 Å². The predicted molar refractivity (Wildman–Crippen MR) is 69.2 cm³/mol. The lowest BCUT2D eigenvalue weighted by Crippen LogP contribution is -2.12. The number of aldehydes is 2. The number of fused-ring (bicyclic) bond motifs is 2. The molecule has 1 aliphatic rings. The molecule has 0 N–H and O–H groups in total. The lowest BCUT2D eigenvalue weighted by Gasteiger charge is -2.20. The third-order valence-electron chi connectivity index (χ3n) is 3.01. The highest BCUT2D eigenvalue weighted by molar-refractivity contribution is 7.91. The van der Waals surface area contributed by atoms with Gasteiger partial charge in [0.05, 0.1) is 0 Å². The Kier molecular flexibility index (Phi) is 2.69. The van der Waals surface area contributed by atoms with E-state index in [-0.39, 0.29) is 32.4 Å². The summed E-state index contributed by atoms with van der Waals surface area (Å²) in [5.41, 5.74) is 0.483. The van der Waals surface area contributed by atoms with Crippen LogP contribution in [0.1, 0.15) is 20.7 Å². The van der Waals surface area contributed by atoms with Crippen molar-refractivity contribution < 1.29 is 22.7 Å². The minimum absolute atomic E-state index is 0.0716. The van der Waals surface area contributed by atoms with Gasteiger partial charge in [0, 0.05) is 11.1 Å². The highest BCUT2D eigenvalue weighted by atomic mass is 32.2. The van der Waals surface area contributed by atoms with Crippen LogP contribution in [0.25, 0.3) is 0 Å². The van der Waals surface area contributed by atoms with Gasteiger partial charge in [-0.05, 0) is 36.4 Å². The largest absolute Gasteiger partial charge is 0.455 e. The molecular formula is C14H8O5S. The number of sulfone groups is 1. The van der Waals surface area contributed by atoms with E-state index in [0.717, 1.165) is 0 Å². The average Bonchev–Trinajstić information content (AvgIpc) is 2.47. The van der Waals surface area contributed by atoms with Crippen LogP contribution < -0.4 is 4.74 Å². The van der Waals surface area contributed by atoms with Gasteiger partial charge in [-0.25, -0.2) is 8.42 Å². The van der Waals surface area contributed by atoms with Crippen LogP contribution in [0.5, 0.6) is 11.5 Å². The van der Waals surface area contributed by atoms with Crippen molar-refractivity contribution in [2.24, 2.45) is 0 Å². The molecule has 0 saturated carbocycles. The molecule has 0 bridgehead atoms. The molecule has 1 heterocycles. The van der Waals surface area contributed by atoms with Gasteiger partial charge in [-0.1, -0.05) is 0 Å². The van der Waals surface area contributed by atoms with Crippen LogP contribution in [0.2, 0.25) is 0 Å². The Bertz CT molecular complexity index is 773. The molecule has 0 saturated heterocycles. The van der Waals surface area contributed by atoms with Crippen LogP contribution in [0.3, 0.4) is 0 Å². The van der Waals surface area contributed by atoms with Crippen molar-refractivity contribution in [3.8, 4) is 11.5 Å². The minimum atomic E-state index is -3.81. The van der Waals surface area contributed by atoms with Crippen LogP contribution >= 0.6 is 0 Å². The van der Waals surface area contributed by atoms with Crippen LogP contribution in [-0.4, -0.2) is 21.0 Å². The second-order valence-electron chi connectivity index (χ2n) is 4.25. The number of carbonyl (C=O) groups excluding carboxylic acids is 2. The quantitative estimate of drug-likeness (QED) is 0.676. The van der Waals surface area contributed by atoms with Crippen molar-refractivity contribution >= 4 is 22.4 Å². The molecule has 0 radical (unpaired) electrons. The predicted octanol–water partition coefficient (Wildman–Crippen LogP) is 2.25. The molecule has 0 aliphatic carbocycles. The minimum Gasteiger partial charge on any atom is -0.455 e. The molecule has 2 aromatic carbocycles. The fourth-order valence-electron chi connectivity index (χ4n) is 2.02. The molecule has 5 nitrogen and oxygen atoms in total. The first-order valence-corrected chi connectivity index (χ1v) is 7.16. The first-order chi connectivity index (χ1) is 9.56. The molecule has 0 atom stereocenters. The van der Waals surface area contributed by atoms with E-state index in [1.165, 1.54) is 36.4 Å². The number of hydrogen-bond donors (Lipinski definition) is 0. The second kappa shape index (κ2) is 4.28. The molecule has 0 aromatic heterocycles. The Morgan fingerprint density at radius 1 is 0.800 bits per heavy atom. The molecule has 0 unspecified atom stereocenters. The normalized spacial score (nSPS) is 14.6. The molecular weight excluding hydrogens is 280 g/mol. The molecule has 100 valence electrons. The molecule has 3 rings (SSSR count). The van der Waals surface area contributed by atoms with Gasteiger partial charge in [-0.2, -0.15) is 0 Å². The second-order valence-corrected chi connectivity index (χ2v) is 6.14. The SMILES string of the molecule is O=Cc1ccc2c(c1)S(=O)(=O)c1cc(C=O)ccc1O2. The summed E-state index contributed by atoms with van der Waals surface area (Å²) in [5.74, 6) is 0.337. The highest BCUT2D eigenvalue weighted by Crippen LogP contribution is 2.42. The first-order valence-electron chi connectivity index (χ1n) is 5.67. The zero-order valence-corrected chi connectivity index (χ0v) is 10.9. The van der Waals surface area contributed by atoms with Gasteiger partial charge in [0.2, 0.25) is 9.84 Å². The van der Waals surface area contributed by atoms with Crippen molar-refractivity contribution in [3.63, 3.8) is 0 Å². The van der Waals surface area contributed by atoms with E-state index in [4.69, 9.17) is 4.74 Å². The van der Waals surface area contributed by atoms with Crippen molar-refractivity contribution in [1.29, 1.82) is 0 Å². The summed E-state index contributed by atoms with van der Waals surface area (Å²) < 4.78 is 30.5. The Balaban J connectivity index is 2.30. The lowest BCUT2D eigenvalue weighted by atomic mass is 10.2. The van der Waals surface area contributed by atoms with Crippen molar-refractivity contribution in [1.82, 2.24) is 0 Å². The standard InChI is InChI=1S/C14H8O5S/c15-7-9-1-3-11-13(5-9)20(17,18)14-6-10(8-16)2-4-12(14)19-11/h1-8H. The zero-order valence-electron chi connectivity index (χ0n) is 10.1. The summed E-state index contributed by atoms with van der Waals surface area (Å²) in [7, 11) is -3.81. The maximum absolute atomic E-state index is 12.5. The number of ether oxygens (including phenoxy) is 1. The number of carbonyl (C=O) groups is 2. The zero-order chi connectivity index (χ0) is 14.3. The molecule has 2 aromatic rings. The summed E-state index contributed by atoms with van der Waals surface area (Å²) >= 11 is 0. The van der Waals surface area contributed by atoms with E-state index >= 15 is 0 Å². The van der Waals surface area contributed by atoms with Crippen LogP contribution in [0, 0.1) is 0 Å². The van der Waals surface area contributed by atoms with Crippen molar-refractivity contribution in [2.45, 2.75) is 9.79 Å². The van der Waals surface area contributed by atoms with E-state index in [0.29, 0.717) is 12.6 Å². The maximum Gasteiger partial charge on any atom is 0.214 e. The van der Waals surface area contributed by atoms with Crippen LogP contribution in [0.4, 0.5) is 0 Å². The van der Waals surface area contributed by atoms with Crippen LogP contribution in [0.15, 0.2) is 46.2 Å². The smallest absolute Gasteiger partial charge is 0.214 e. The third kappa shape index (κ3) is 1.73. The Morgan fingerprint density at radius 3 is 1.65 bits per heavy atom. The van der Waals surface area contributed by atoms with Gasteiger partial charge >= 0.3 is 0 Å².